The zero-order valence-electron chi connectivity index (χ0n) is 27.0. The second-order valence-corrected chi connectivity index (χ2v) is 30.6. The molecule has 0 heterocycles. The molecule has 0 bridgehead atoms. The van der Waals surface area contributed by atoms with Crippen LogP contribution in [0.4, 0.5) is 0 Å². The summed E-state index contributed by atoms with van der Waals surface area (Å²) in [5.74, 6) is 1.08. The monoisotopic (exact) mass is 554 g/mol. The molecule has 1 aromatic rings. The van der Waals surface area contributed by atoms with Gasteiger partial charge >= 0.3 is 0 Å². The lowest BCUT2D eigenvalue weighted by Gasteiger charge is -2.43. The van der Waals surface area contributed by atoms with Crippen LogP contribution >= 0.6 is 0 Å². The first kappa shape index (κ1) is 30.1. The Labute approximate surface area is 242 Å². The molecule has 0 spiro atoms. The Kier molecular flexibility index (Phi) is 8.09. The van der Waals surface area contributed by atoms with Crippen LogP contribution < -0.4 is 0 Å². The number of rotatable bonds is 7. The molecule has 39 heavy (non-hydrogen) atoms. The average molecular weight is 555 g/mol. The van der Waals surface area contributed by atoms with E-state index in [0.29, 0.717) is 11.8 Å². The van der Waals surface area contributed by atoms with Gasteiger partial charge in [-0.25, -0.2) is 0 Å². The fourth-order valence-corrected chi connectivity index (χ4v) is 17.1. The fraction of sp³-hybridized carbons (Fsp3) is 0.514. The smallest absolute Gasteiger partial charge is 0.0784 e. The molecule has 0 nitrogen and oxygen atoms in total. The molecule has 3 aliphatic carbocycles. The number of hydrogen-bond acceptors (Lipinski definition) is 0. The molecule has 2 atom stereocenters. The van der Waals surface area contributed by atoms with E-state index in [1.165, 1.54) is 52.7 Å². The molecular formula is C37H54Si2. The Morgan fingerprint density at radius 1 is 0.821 bits per heavy atom. The van der Waals surface area contributed by atoms with Gasteiger partial charge in [-0.05, 0) is 57.9 Å². The van der Waals surface area contributed by atoms with Crippen LogP contribution in [-0.2, 0) is 10.8 Å². The van der Waals surface area contributed by atoms with E-state index in [2.05, 4.69) is 142 Å². The Morgan fingerprint density at radius 2 is 1.44 bits per heavy atom. The Balaban J connectivity index is 1.71. The van der Waals surface area contributed by atoms with E-state index in [0.717, 1.165) is 0 Å². The molecule has 2 heteroatoms. The van der Waals surface area contributed by atoms with E-state index < -0.39 is 15.2 Å². The molecular weight excluding hydrogens is 501 g/mol. The van der Waals surface area contributed by atoms with E-state index in [9.17, 15) is 0 Å². The minimum absolute atomic E-state index is 0.117. The van der Waals surface area contributed by atoms with Gasteiger partial charge in [0.05, 0.1) is 15.2 Å². The summed E-state index contributed by atoms with van der Waals surface area (Å²) in [6.45, 7) is 29.5. The SMILES string of the molecule is CCCCC1C=CC([Si](C)(C)[Si](C)(C)C2=C(C)C=C3C(c4cc(C(C)(C)C)cc(C(C)(C)C)c4)=CC=CC32)=C1. The van der Waals surface area contributed by atoms with Crippen molar-refractivity contribution in [2.45, 2.75) is 112 Å². The van der Waals surface area contributed by atoms with Gasteiger partial charge in [-0.1, -0.05) is 164 Å². The lowest BCUT2D eigenvalue weighted by Crippen LogP contribution is -2.58. The number of fused-ring (bicyclic) bond motifs is 1. The van der Waals surface area contributed by atoms with Gasteiger partial charge in [0.15, 0.2) is 0 Å². The molecule has 4 rings (SSSR count). The zero-order valence-corrected chi connectivity index (χ0v) is 29.0. The largest absolute Gasteiger partial charge is 0.0786 e. The minimum atomic E-state index is -1.74. The molecule has 2 unspecified atom stereocenters. The Bertz CT molecular complexity index is 1270. The first-order chi connectivity index (χ1) is 18.0. The van der Waals surface area contributed by atoms with Crippen molar-refractivity contribution < 1.29 is 0 Å². The van der Waals surface area contributed by atoms with Crippen LogP contribution in [0.1, 0.15) is 91.3 Å². The molecule has 0 radical (unpaired) electrons. The third-order valence-corrected chi connectivity index (χ3v) is 28.1. The van der Waals surface area contributed by atoms with Gasteiger partial charge in [0.25, 0.3) is 0 Å². The third-order valence-electron chi connectivity index (χ3n) is 10.1. The standard InChI is InChI=1S/C37H54Si2/c1-13-14-16-27-19-20-31(22-27)38(9,10)39(11,12)35-26(2)21-34-32(17-15-18-33(34)35)28-23-29(36(3,4)5)25-30(24-28)37(6,7)8/h15,17-25,27,33H,13-14,16H2,1-12H3. The summed E-state index contributed by atoms with van der Waals surface area (Å²) in [7, 11) is -3.40. The lowest BCUT2D eigenvalue weighted by molar-refractivity contribution is 0.568. The van der Waals surface area contributed by atoms with Crippen molar-refractivity contribution in [3.63, 3.8) is 0 Å². The number of allylic oxidation sites excluding steroid dienone is 12. The quantitative estimate of drug-likeness (QED) is 0.294. The van der Waals surface area contributed by atoms with Gasteiger partial charge in [-0.15, -0.1) is 0 Å². The predicted octanol–water partition coefficient (Wildman–Crippen LogP) is 11.0. The first-order valence-corrected chi connectivity index (χ1v) is 22.4. The summed E-state index contributed by atoms with van der Waals surface area (Å²) >= 11 is 0. The first-order valence-electron chi connectivity index (χ1n) is 15.4. The highest BCUT2D eigenvalue weighted by molar-refractivity contribution is 7.46. The molecule has 0 fully saturated rings. The Hall–Kier alpha value is -1.91. The third kappa shape index (κ3) is 5.66. The zero-order chi connectivity index (χ0) is 29.0. The second-order valence-electron chi connectivity index (χ2n) is 15.5. The van der Waals surface area contributed by atoms with Crippen molar-refractivity contribution in [1.29, 1.82) is 0 Å². The van der Waals surface area contributed by atoms with Crippen molar-refractivity contribution in [2.24, 2.45) is 11.8 Å². The summed E-state index contributed by atoms with van der Waals surface area (Å²) in [4.78, 5) is 0. The maximum atomic E-state index is 2.69. The van der Waals surface area contributed by atoms with E-state index in [4.69, 9.17) is 0 Å². The van der Waals surface area contributed by atoms with Crippen molar-refractivity contribution >= 4 is 20.8 Å². The van der Waals surface area contributed by atoms with Crippen LogP contribution in [0.25, 0.3) is 5.57 Å². The fourth-order valence-electron chi connectivity index (χ4n) is 6.70. The number of hydrogen-bond donors (Lipinski definition) is 0. The van der Waals surface area contributed by atoms with Crippen LogP contribution in [0, 0.1) is 11.8 Å². The van der Waals surface area contributed by atoms with Gasteiger partial charge in [0, 0.05) is 5.92 Å². The van der Waals surface area contributed by atoms with E-state index in [1.54, 1.807) is 10.4 Å². The molecule has 0 amide bonds. The highest BCUT2D eigenvalue weighted by atomic mass is 29.3. The van der Waals surface area contributed by atoms with Crippen molar-refractivity contribution in [3.05, 3.63) is 99.0 Å². The maximum absolute atomic E-state index is 2.69. The lowest BCUT2D eigenvalue weighted by atomic mass is 9.77. The Morgan fingerprint density at radius 3 is 2.00 bits per heavy atom. The second kappa shape index (κ2) is 10.5. The summed E-state index contributed by atoms with van der Waals surface area (Å²) in [5.41, 5.74) is 8.98. The van der Waals surface area contributed by atoms with Gasteiger partial charge in [-0.3, -0.25) is 0 Å². The summed E-state index contributed by atoms with van der Waals surface area (Å²) in [5, 5.41) is 3.49. The van der Waals surface area contributed by atoms with E-state index in [1.807, 2.05) is 0 Å². The van der Waals surface area contributed by atoms with Crippen LogP contribution in [-0.4, -0.2) is 15.2 Å². The molecule has 0 aliphatic heterocycles. The van der Waals surface area contributed by atoms with Gasteiger partial charge in [0.1, 0.15) is 0 Å². The van der Waals surface area contributed by atoms with Crippen molar-refractivity contribution in [1.82, 2.24) is 0 Å². The van der Waals surface area contributed by atoms with Crippen LogP contribution in [0.15, 0.2) is 82.3 Å². The summed E-state index contributed by atoms with van der Waals surface area (Å²) in [6, 6.07) is 7.38. The summed E-state index contributed by atoms with van der Waals surface area (Å²) in [6.07, 6.45) is 21.4. The van der Waals surface area contributed by atoms with E-state index in [-0.39, 0.29) is 10.8 Å². The van der Waals surface area contributed by atoms with Crippen molar-refractivity contribution in [3.8, 4) is 0 Å². The molecule has 0 saturated heterocycles. The molecule has 210 valence electrons. The summed E-state index contributed by atoms with van der Waals surface area (Å²) < 4.78 is 0. The topological polar surface area (TPSA) is 0 Å². The molecule has 1 aromatic carbocycles. The van der Waals surface area contributed by atoms with Gasteiger partial charge in [0.2, 0.25) is 0 Å². The predicted molar refractivity (Wildman–Crippen MR) is 180 cm³/mol. The maximum Gasteiger partial charge on any atom is 0.0784 e. The minimum Gasteiger partial charge on any atom is -0.0786 e. The van der Waals surface area contributed by atoms with Gasteiger partial charge < -0.3 is 0 Å². The molecule has 0 N–H and O–H groups in total. The molecule has 0 aromatic heterocycles. The highest BCUT2D eigenvalue weighted by Crippen LogP contribution is 2.50. The normalized spacial score (nSPS) is 21.8. The molecule has 3 aliphatic rings. The van der Waals surface area contributed by atoms with Crippen LogP contribution in [0.2, 0.25) is 26.2 Å². The van der Waals surface area contributed by atoms with E-state index >= 15 is 0 Å². The van der Waals surface area contributed by atoms with Crippen LogP contribution in [0.5, 0.6) is 0 Å². The average Bonchev–Trinajstić information content (AvgIpc) is 3.45. The van der Waals surface area contributed by atoms with Gasteiger partial charge in [-0.2, -0.15) is 0 Å². The number of unbranched alkanes of at least 4 members (excludes halogenated alkanes) is 1. The van der Waals surface area contributed by atoms with Crippen molar-refractivity contribution in [2.75, 3.05) is 0 Å². The van der Waals surface area contributed by atoms with Crippen LogP contribution in [0.3, 0.4) is 0 Å². The molecule has 0 saturated carbocycles. The number of benzene rings is 1. The highest BCUT2D eigenvalue weighted by Gasteiger charge is 2.50.